The van der Waals surface area contributed by atoms with Gasteiger partial charge in [-0.05, 0) is 42.0 Å². The molecule has 0 aliphatic rings. The minimum Gasteiger partial charge on any atom is -0.396 e. The summed E-state index contributed by atoms with van der Waals surface area (Å²) in [4.78, 5) is 0. The first-order valence-corrected chi connectivity index (χ1v) is 8.04. The van der Waals surface area contributed by atoms with Crippen molar-refractivity contribution < 1.29 is 5.11 Å². The Morgan fingerprint density at radius 2 is 1.73 bits per heavy atom. The number of fused-ring (bicyclic) bond motifs is 1. The first-order chi connectivity index (χ1) is 10.6. The average Bonchev–Trinajstić information content (AvgIpc) is 2.80. The van der Waals surface area contributed by atoms with Crippen LogP contribution in [0.3, 0.4) is 0 Å². The van der Waals surface area contributed by atoms with Gasteiger partial charge in [0, 0.05) is 41.2 Å². The van der Waals surface area contributed by atoms with Gasteiger partial charge in [-0.3, -0.25) is 0 Å². The molecule has 0 bridgehead atoms. The highest BCUT2D eigenvalue weighted by Crippen LogP contribution is 2.27. The lowest BCUT2D eigenvalue weighted by molar-refractivity contribution is 0.297. The van der Waals surface area contributed by atoms with Crippen LogP contribution in [0.15, 0.2) is 42.5 Å². The van der Waals surface area contributed by atoms with Crippen molar-refractivity contribution in [2.24, 2.45) is 0 Å². The summed E-state index contributed by atoms with van der Waals surface area (Å²) in [6, 6.07) is 13.5. The van der Waals surface area contributed by atoms with Crippen molar-refractivity contribution in [2.45, 2.75) is 13.0 Å². The van der Waals surface area contributed by atoms with E-state index in [4.69, 9.17) is 34.8 Å². The minimum absolute atomic E-state index is 0.103. The monoisotopic (exact) mass is 353 g/mol. The molecule has 0 aliphatic heterocycles. The van der Waals surface area contributed by atoms with E-state index in [1.807, 2.05) is 30.3 Å². The molecule has 3 aromatic rings. The van der Waals surface area contributed by atoms with Crippen LogP contribution in [0.2, 0.25) is 15.1 Å². The zero-order chi connectivity index (χ0) is 15.7. The molecule has 0 spiro atoms. The van der Waals surface area contributed by atoms with Crippen LogP contribution >= 0.6 is 34.8 Å². The molecule has 1 N–H and O–H groups in total. The maximum atomic E-state index is 9.29. The van der Waals surface area contributed by atoms with Crippen LogP contribution in [0, 0.1) is 0 Å². The molecule has 1 heterocycles. The van der Waals surface area contributed by atoms with Crippen LogP contribution in [0.5, 0.6) is 0 Å². The molecule has 0 unspecified atom stereocenters. The Bertz CT molecular complexity index is 826. The Balaban J connectivity index is 2.07. The van der Waals surface area contributed by atoms with E-state index in [2.05, 4.69) is 10.6 Å². The summed E-state index contributed by atoms with van der Waals surface area (Å²) in [7, 11) is 0. The predicted molar refractivity (Wildman–Crippen MR) is 93.3 cm³/mol. The van der Waals surface area contributed by atoms with Gasteiger partial charge < -0.3 is 9.67 Å². The lowest BCUT2D eigenvalue weighted by atomic mass is 10.2. The summed E-state index contributed by atoms with van der Waals surface area (Å²) in [6.45, 7) is 0.767. The Morgan fingerprint density at radius 3 is 2.45 bits per heavy atom. The van der Waals surface area contributed by atoms with Crippen LogP contribution in [-0.4, -0.2) is 16.3 Å². The standard InChI is InChI=1S/C17H14Cl3NO/c18-13-2-4-17-12(8-13)9-14(5-6-22)21(17)10-11-1-3-15(19)16(20)7-11/h1-4,7-9,22H,5-6,10H2. The Hall–Kier alpha value is -1.19. The second-order valence-electron chi connectivity index (χ2n) is 5.15. The molecule has 0 radical (unpaired) electrons. The molecule has 2 nitrogen and oxygen atoms in total. The Morgan fingerprint density at radius 1 is 0.909 bits per heavy atom. The van der Waals surface area contributed by atoms with Gasteiger partial charge in [-0.1, -0.05) is 40.9 Å². The lowest BCUT2D eigenvalue weighted by Crippen LogP contribution is -2.06. The van der Waals surface area contributed by atoms with E-state index in [1.165, 1.54) is 0 Å². The van der Waals surface area contributed by atoms with Crippen molar-refractivity contribution in [1.82, 2.24) is 4.57 Å². The maximum absolute atomic E-state index is 9.29. The van der Waals surface area contributed by atoms with Gasteiger partial charge in [-0.25, -0.2) is 0 Å². The number of halogens is 3. The average molecular weight is 355 g/mol. The summed E-state index contributed by atoms with van der Waals surface area (Å²) in [6.07, 6.45) is 0.591. The van der Waals surface area contributed by atoms with Gasteiger partial charge in [0.2, 0.25) is 0 Å². The second kappa shape index (κ2) is 6.51. The van der Waals surface area contributed by atoms with Gasteiger partial charge in [-0.15, -0.1) is 0 Å². The summed E-state index contributed by atoms with van der Waals surface area (Å²) >= 11 is 18.1. The third-order valence-corrected chi connectivity index (χ3v) is 4.62. The number of aliphatic hydroxyl groups is 1. The molecule has 0 aliphatic carbocycles. The molecule has 2 aromatic carbocycles. The molecule has 0 saturated carbocycles. The van der Waals surface area contributed by atoms with Crippen LogP contribution < -0.4 is 0 Å². The molecule has 1 aromatic heterocycles. The molecule has 0 atom stereocenters. The summed E-state index contributed by atoms with van der Waals surface area (Å²) in [5.41, 5.74) is 3.20. The molecule has 114 valence electrons. The van der Waals surface area contributed by atoms with Gasteiger partial charge in [0.25, 0.3) is 0 Å². The second-order valence-corrected chi connectivity index (χ2v) is 6.40. The lowest BCUT2D eigenvalue weighted by Gasteiger charge is -2.11. The zero-order valence-corrected chi connectivity index (χ0v) is 14.0. The Labute approximate surface area is 143 Å². The highest BCUT2D eigenvalue weighted by Gasteiger charge is 2.10. The smallest absolute Gasteiger partial charge is 0.0595 e. The SMILES string of the molecule is OCCc1cc2cc(Cl)ccc2n1Cc1ccc(Cl)c(Cl)c1. The highest BCUT2D eigenvalue weighted by molar-refractivity contribution is 6.42. The molecule has 0 amide bonds. The van der Waals surface area contributed by atoms with Crippen molar-refractivity contribution in [3.63, 3.8) is 0 Å². The topological polar surface area (TPSA) is 25.2 Å². The molecular formula is C17H14Cl3NO. The number of benzene rings is 2. The van der Waals surface area contributed by atoms with E-state index in [1.54, 1.807) is 6.07 Å². The fourth-order valence-electron chi connectivity index (χ4n) is 2.63. The van der Waals surface area contributed by atoms with Crippen molar-refractivity contribution in [3.05, 3.63) is 68.8 Å². The number of hydrogen-bond acceptors (Lipinski definition) is 1. The van der Waals surface area contributed by atoms with Crippen molar-refractivity contribution in [3.8, 4) is 0 Å². The van der Waals surface area contributed by atoms with Crippen molar-refractivity contribution in [2.75, 3.05) is 6.61 Å². The highest BCUT2D eigenvalue weighted by atomic mass is 35.5. The molecule has 22 heavy (non-hydrogen) atoms. The number of hydrogen-bond donors (Lipinski definition) is 1. The quantitative estimate of drug-likeness (QED) is 0.685. The van der Waals surface area contributed by atoms with Gasteiger partial charge in [-0.2, -0.15) is 0 Å². The molecule has 5 heteroatoms. The van der Waals surface area contributed by atoms with Crippen LogP contribution in [0.4, 0.5) is 0 Å². The third kappa shape index (κ3) is 3.11. The number of nitrogens with zero attached hydrogens (tertiary/aromatic N) is 1. The summed E-state index contributed by atoms with van der Waals surface area (Å²) in [5.74, 6) is 0. The zero-order valence-electron chi connectivity index (χ0n) is 11.7. The van der Waals surface area contributed by atoms with Gasteiger partial charge in [0.15, 0.2) is 0 Å². The number of aliphatic hydroxyl groups excluding tert-OH is 1. The number of aromatic nitrogens is 1. The largest absolute Gasteiger partial charge is 0.396 e. The Kier molecular flexibility index (Phi) is 4.65. The maximum Gasteiger partial charge on any atom is 0.0595 e. The number of rotatable bonds is 4. The fraction of sp³-hybridized carbons (Fsp3) is 0.176. The summed E-state index contributed by atoms with van der Waals surface area (Å²) in [5, 5.41) is 12.2. The van der Waals surface area contributed by atoms with E-state index in [9.17, 15) is 5.11 Å². The van der Waals surface area contributed by atoms with Crippen molar-refractivity contribution in [1.29, 1.82) is 0 Å². The molecular weight excluding hydrogens is 341 g/mol. The van der Waals surface area contributed by atoms with Gasteiger partial charge in [0.05, 0.1) is 10.0 Å². The van der Waals surface area contributed by atoms with E-state index < -0.39 is 0 Å². The van der Waals surface area contributed by atoms with E-state index in [-0.39, 0.29) is 6.61 Å². The first-order valence-electron chi connectivity index (χ1n) is 6.91. The van der Waals surface area contributed by atoms with Crippen LogP contribution in [0.1, 0.15) is 11.3 Å². The predicted octanol–water partition coefficient (Wildman–Crippen LogP) is 5.18. The van der Waals surface area contributed by atoms with Crippen LogP contribution in [0.25, 0.3) is 10.9 Å². The van der Waals surface area contributed by atoms with E-state index in [0.29, 0.717) is 28.0 Å². The third-order valence-electron chi connectivity index (χ3n) is 3.64. The first kappa shape index (κ1) is 15.7. The van der Waals surface area contributed by atoms with E-state index in [0.717, 1.165) is 22.2 Å². The molecule has 0 saturated heterocycles. The van der Waals surface area contributed by atoms with E-state index >= 15 is 0 Å². The fourth-order valence-corrected chi connectivity index (χ4v) is 3.13. The van der Waals surface area contributed by atoms with Gasteiger partial charge in [0.1, 0.15) is 0 Å². The normalized spacial score (nSPS) is 11.3. The van der Waals surface area contributed by atoms with Gasteiger partial charge >= 0.3 is 0 Å². The molecule has 3 rings (SSSR count). The van der Waals surface area contributed by atoms with Crippen molar-refractivity contribution >= 4 is 45.7 Å². The van der Waals surface area contributed by atoms with Crippen LogP contribution in [-0.2, 0) is 13.0 Å². The minimum atomic E-state index is 0.103. The summed E-state index contributed by atoms with van der Waals surface area (Å²) < 4.78 is 2.17. The molecule has 0 fully saturated rings.